The number of hydrogen-bond acceptors (Lipinski definition) is 4. The fraction of sp³-hybridized carbons (Fsp3) is 0.222. The van der Waals surface area contributed by atoms with Crippen LogP contribution in [0.5, 0.6) is 0 Å². The molecule has 2 aliphatic rings. The van der Waals surface area contributed by atoms with Crippen molar-refractivity contribution >= 4 is 0 Å². The van der Waals surface area contributed by atoms with Crippen LogP contribution in [0.15, 0.2) is 42.7 Å². The van der Waals surface area contributed by atoms with E-state index in [1.54, 1.807) is 29.9 Å². The van der Waals surface area contributed by atoms with Crippen LogP contribution in [0.1, 0.15) is 17.2 Å². The van der Waals surface area contributed by atoms with Crippen molar-refractivity contribution in [3.05, 3.63) is 59.9 Å². The molecule has 0 amide bonds. The fourth-order valence-corrected chi connectivity index (χ4v) is 4.14. The van der Waals surface area contributed by atoms with E-state index in [1.165, 1.54) is 4.68 Å². The van der Waals surface area contributed by atoms with E-state index in [0.717, 1.165) is 5.56 Å². The lowest BCUT2D eigenvalue weighted by molar-refractivity contribution is -0.990. The summed E-state index contributed by atoms with van der Waals surface area (Å²) in [6.07, 6.45) is -1.08. The molecule has 0 aliphatic carbocycles. The van der Waals surface area contributed by atoms with Crippen LogP contribution in [-0.4, -0.2) is 29.5 Å². The van der Waals surface area contributed by atoms with Crippen LogP contribution in [0.3, 0.4) is 0 Å². The second kappa shape index (κ2) is 4.85. The monoisotopic (exact) mass is 398 g/mol. The highest BCUT2D eigenvalue weighted by Gasteiger charge is 2.71. The molecule has 0 fully saturated rings. The van der Waals surface area contributed by atoms with Crippen molar-refractivity contribution in [3.8, 4) is 23.0 Å². The SMILES string of the molecule is Cc1cc[n+]2c(c1)-c1nc(C(F)(F)F)nn1C21n2nc(C)nc2-c2cccc[n+]21. The molecule has 11 heteroatoms. The molecule has 1 atom stereocenters. The van der Waals surface area contributed by atoms with Gasteiger partial charge >= 0.3 is 12.1 Å². The Labute approximate surface area is 161 Å². The van der Waals surface area contributed by atoms with Crippen LogP contribution in [0, 0.1) is 13.8 Å². The van der Waals surface area contributed by atoms with Gasteiger partial charge in [0.1, 0.15) is 5.82 Å². The van der Waals surface area contributed by atoms with Gasteiger partial charge in [-0.25, -0.2) is 4.98 Å². The van der Waals surface area contributed by atoms with Crippen LogP contribution in [-0.2, 0) is 12.1 Å². The molecule has 1 spiro atoms. The number of hydrogen-bond donors (Lipinski definition) is 0. The van der Waals surface area contributed by atoms with Gasteiger partial charge in [-0.15, -0.1) is 10.2 Å². The minimum atomic E-state index is -4.67. The minimum absolute atomic E-state index is 0.115. The number of halogens is 3. The quantitative estimate of drug-likeness (QED) is 0.361. The summed E-state index contributed by atoms with van der Waals surface area (Å²) >= 11 is 0. The summed E-state index contributed by atoms with van der Waals surface area (Å²) in [5.41, 5.74) is 2.11. The van der Waals surface area contributed by atoms with E-state index < -0.39 is 17.9 Å². The van der Waals surface area contributed by atoms with Gasteiger partial charge in [-0.1, -0.05) is 18.5 Å². The first-order valence-electron chi connectivity index (χ1n) is 8.85. The molecule has 144 valence electrons. The third kappa shape index (κ3) is 1.80. The lowest BCUT2D eigenvalue weighted by Gasteiger charge is -2.15. The first kappa shape index (κ1) is 16.3. The van der Waals surface area contributed by atoms with Crippen molar-refractivity contribution in [1.82, 2.24) is 29.5 Å². The van der Waals surface area contributed by atoms with Gasteiger partial charge < -0.3 is 0 Å². The third-order valence-corrected chi connectivity index (χ3v) is 5.22. The Morgan fingerprint density at radius 1 is 0.897 bits per heavy atom. The van der Waals surface area contributed by atoms with E-state index in [-0.39, 0.29) is 5.82 Å². The van der Waals surface area contributed by atoms with Crippen LogP contribution in [0.2, 0.25) is 0 Å². The molecule has 0 saturated heterocycles. The zero-order valence-corrected chi connectivity index (χ0v) is 15.3. The maximum Gasteiger partial charge on any atom is 0.586 e. The molecule has 2 aliphatic heterocycles. The molecule has 1 unspecified atom stereocenters. The van der Waals surface area contributed by atoms with Crippen molar-refractivity contribution in [2.75, 3.05) is 0 Å². The molecule has 8 nitrogen and oxygen atoms in total. The van der Waals surface area contributed by atoms with Crippen LogP contribution < -0.4 is 9.13 Å². The van der Waals surface area contributed by atoms with Crippen LogP contribution >= 0.6 is 0 Å². The molecule has 4 aromatic rings. The van der Waals surface area contributed by atoms with E-state index >= 15 is 0 Å². The minimum Gasteiger partial charge on any atom is -0.206 e. The van der Waals surface area contributed by atoms with Crippen molar-refractivity contribution in [2.45, 2.75) is 25.9 Å². The molecular weight excluding hydrogens is 385 g/mol. The Kier molecular flexibility index (Phi) is 2.73. The lowest BCUT2D eigenvalue weighted by Crippen LogP contribution is -2.77. The van der Waals surface area contributed by atoms with E-state index in [0.29, 0.717) is 23.0 Å². The summed E-state index contributed by atoms with van der Waals surface area (Å²) in [5.74, 6) is -1.39. The van der Waals surface area contributed by atoms with E-state index in [2.05, 4.69) is 20.2 Å². The lowest BCUT2D eigenvalue weighted by atomic mass is 10.2. The maximum atomic E-state index is 13.5. The highest BCUT2D eigenvalue weighted by atomic mass is 19.4. The number of aryl methyl sites for hydroxylation is 2. The number of aromatic nitrogens is 8. The van der Waals surface area contributed by atoms with Crippen LogP contribution in [0.4, 0.5) is 13.2 Å². The largest absolute Gasteiger partial charge is 0.586 e. The van der Waals surface area contributed by atoms with Gasteiger partial charge in [-0.05, 0) is 25.5 Å². The summed E-state index contributed by atoms with van der Waals surface area (Å²) in [6.45, 7) is 3.61. The van der Waals surface area contributed by atoms with Gasteiger partial charge in [-0.2, -0.15) is 18.2 Å². The normalized spacial score (nSPS) is 18.7. The molecular formula is C18H13F3N8+2. The zero-order valence-electron chi connectivity index (χ0n) is 15.3. The predicted molar refractivity (Wildman–Crippen MR) is 89.9 cm³/mol. The molecule has 6 heterocycles. The van der Waals surface area contributed by atoms with Crippen molar-refractivity contribution < 1.29 is 22.3 Å². The summed E-state index contributed by atoms with van der Waals surface area (Å²) in [4.78, 5) is 8.35. The first-order chi connectivity index (χ1) is 13.8. The summed E-state index contributed by atoms with van der Waals surface area (Å²) < 4.78 is 47.0. The summed E-state index contributed by atoms with van der Waals surface area (Å²) in [6, 6.07) is 9.17. The number of alkyl halides is 3. The van der Waals surface area contributed by atoms with Gasteiger partial charge in [0.25, 0.3) is 17.2 Å². The van der Waals surface area contributed by atoms with Gasteiger partial charge in [0.15, 0.2) is 12.4 Å². The van der Waals surface area contributed by atoms with Crippen molar-refractivity contribution in [3.63, 3.8) is 0 Å². The highest BCUT2D eigenvalue weighted by Crippen LogP contribution is 2.37. The Bertz CT molecular complexity index is 1340. The second-order valence-corrected chi connectivity index (χ2v) is 7.08. The van der Waals surface area contributed by atoms with E-state index in [4.69, 9.17) is 0 Å². The zero-order chi connectivity index (χ0) is 20.1. The predicted octanol–water partition coefficient (Wildman–Crippen LogP) is 1.25. The topological polar surface area (TPSA) is 69.2 Å². The van der Waals surface area contributed by atoms with Crippen molar-refractivity contribution in [2.24, 2.45) is 0 Å². The average Bonchev–Trinajstić information content (AvgIpc) is 3.37. The standard InChI is InChI=1S/C18H13F3N8/c1-10-6-8-27-13(9-10)15-23-16(17(19,20)21)25-29(15)18(27)26-7-4-3-5-12(26)14-22-11(2)24-28(14)18/h3-9H,1-2H3/q+2. The Hall–Kier alpha value is -3.63. The number of pyridine rings is 2. The summed E-state index contributed by atoms with van der Waals surface area (Å²) in [7, 11) is 0. The van der Waals surface area contributed by atoms with Crippen molar-refractivity contribution in [1.29, 1.82) is 0 Å². The first-order valence-corrected chi connectivity index (χ1v) is 8.85. The highest BCUT2D eigenvalue weighted by molar-refractivity contribution is 5.52. The second-order valence-electron chi connectivity index (χ2n) is 7.08. The number of nitrogens with zero attached hydrogens (tertiary/aromatic N) is 8. The molecule has 6 rings (SSSR count). The third-order valence-electron chi connectivity index (χ3n) is 5.22. The molecule has 4 aromatic heterocycles. The molecule has 0 saturated carbocycles. The fourth-order valence-electron chi connectivity index (χ4n) is 4.14. The maximum absolute atomic E-state index is 13.5. The molecule has 29 heavy (non-hydrogen) atoms. The van der Waals surface area contributed by atoms with E-state index in [1.807, 2.05) is 40.5 Å². The van der Waals surface area contributed by atoms with Gasteiger partial charge in [0, 0.05) is 24.3 Å². The molecule has 0 bridgehead atoms. The molecule has 0 N–H and O–H groups in total. The smallest absolute Gasteiger partial charge is 0.206 e. The Morgan fingerprint density at radius 2 is 1.62 bits per heavy atom. The van der Waals surface area contributed by atoms with E-state index in [9.17, 15) is 13.2 Å². The van der Waals surface area contributed by atoms with Crippen LogP contribution in [0.25, 0.3) is 23.0 Å². The van der Waals surface area contributed by atoms with Gasteiger partial charge in [0.05, 0.1) is 0 Å². The molecule has 0 aromatic carbocycles. The Morgan fingerprint density at radius 3 is 2.41 bits per heavy atom. The molecule has 0 radical (unpaired) electrons. The number of fused-ring (bicyclic) bond motifs is 10. The average molecular weight is 398 g/mol. The Balaban J connectivity index is 1.81. The number of rotatable bonds is 0. The van der Waals surface area contributed by atoms with Gasteiger partial charge in [-0.3, -0.25) is 0 Å². The van der Waals surface area contributed by atoms with Gasteiger partial charge in [0.2, 0.25) is 11.6 Å². The summed E-state index contributed by atoms with van der Waals surface area (Å²) in [5, 5.41) is 8.43.